The molecule has 5 nitrogen and oxygen atoms in total. The highest BCUT2D eigenvalue weighted by Crippen LogP contribution is 2.72. The third-order valence-electron chi connectivity index (χ3n) is 8.29. The molecule has 2 amide bonds. The molecule has 3 aliphatic carbocycles. The van der Waals surface area contributed by atoms with Gasteiger partial charge in [0.15, 0.2) is 0 Å². The molecule has 4 atom stereocenters. The molecule has 1 spiro atoms. The Hall–Kier alpha value is -1.66. The molecule has 3 fully saturated rings. The molecular weight excluding hydrogens is 466 g/mol. The Kier molecular flexibility index (Phi) is 6.19. The number of amides is 2. The SMILES string of the molecule is Cc1cc(Br)ccc1NC(=O)[C@H]1[C@H](C(=O)NCCCCN2CCCC2)[C@H]2C=C[C@@H]1C21CC1. The Bertz CT molecular complexity index is 920. The fourth-order valence-corrected chi connectivity index (χ4v) is 6.96. The third-order valence-corrected chi connectivity index (χ3v) is 8.79. The van der Waals surface area contributed by atoms with E-state index in [1.165, 1.54) is 25.9 Å². The molecule has 1 aromatic carbocycles. The highest BCUT2D eigenvalue weighted by molar-refractivity contribution is 9.10. The third kappa shape index (κ3) is 4.05. The van der Waals surface area contributed by atoms with Gasteiger partial charge in [-0.25, -0.2) is 0 Å². The van der Waals surface area contributed by atoms with Crippen LogP contribution in [-0.2, 0) is 9.59 Å². The molecule has 1 aliphatic heterocycles. The first-order valence-corrected chi connectivity index (χ1v) is 13.0. The molecule has 0 unspecified atom stereocenters. The summed E-state index contributed by atoms with van der Waals surface area (Å²) in [6.07, 6.45) is 11.5. The summed E-state index contributed by atoms with van der Waals surface area (Å²) in [5, 5.41) is 6.33. The van der Waals surface area contributed by atoms with Crippen LogP contribution in [0.3, 0.4) is 0 Å². The first-order valence-electron chi connectivity index (χ1n) is 12.2. The quantitative estimate of drug-likeness (QED) is 0.408. The van der Waals surface area contributed by atoms with E-state index in [0.717, 1.165) is 48.0 Å². The van der Waals surface area contributed by atoms with Crippen LogP contribution in [0.15, 0.2) is 34.8 Å². The first kappa shape index (κ1) is 22.1. The standard InChI is InChI=1S/C26H34BrN3O2/c1-17-16-18(27)6-9-21(17)29-25(32)23-20-8-7-19(26(20)10-11-26)22(23)24(31)28-12-2-3-13-30-14-4-5-15-30/h6-9,16,19-20,22-23H,2-5,10-15H2,1H3,(H,28,31)(H,29,32)/t19-,20+,22-,23-/m1/s1. The summed E-state index contributed by atoms with van der Waals surface area (Å²) in [6, 6.07) is 5.88. The van der Waals surface area contributed by atoms with Crippen LogP contribution >= 0.6 is 15.9 Å². The molecule has 1 aromatic rings. The Morgan fingerprint density at radius 1 is 1.06 bits per heavy atom. The molecule has 5 rings (SSSR count). The van der Waals surface area contributed by atoms with Gasteiger partial charge in [0.2, 0.25) is 11.8 Å². The smallest absolute Gasteiger partial charge is 0.228 e. The predicted molar refractivity (Wildman–Crippen MR) is 130 cm³/mol. The minimum atomic E-state index is -0.278. The lowest BCUT2D eigenvalue weighted by Gasteiger charge is -2.26. The van der Waals surface area contributed by atoms with E-state index in [1.807, 2.05) is 25.1 Å². The maximum Gasteiger partial charge on any atom is 0.228 e. The molecule has 172 valence electrons. The van der Waals surface area contributed by atoms with E-state index in [-0.39, 0.29) is 40.9 Å². The second-order valence-electron chi connectivity index (χ2n) is 10.2. The number of aryl methyl sites for hydroxylation is 1. The van der Waals surface area contributed by atoms with E-state index in [4.69, 9.17) is 0 Å². The lowest BCUT2D eigenvalue weighted by molar-refractivity contribution is -0.132. The molecule has 32 heavy (non-hydrogen) atoms. The van der Waals surface area contributed by atoms with Crippen molar-refractivity contribution in [2.24, 2.45) is 29.1 Å². The minimum Gasteiger partial charge on any atom is -0.356 e. The number of hydrogen-bond donors (Lipinski definition) is 2. The van der Waals surface area contributed by atoms with Crippen LogP contribution in [0.2, 0.25) is 0 Å². The van der Waals surface area contributed by atoms with Crippen molar-refractivity contribution in [3.63, 3.8) is 0 Å². The van der Waals surface area contributed by atoms with Crippen molar-refractivity contribution >= 4 is 33.4 Å². The Morgan fingerprint density at radius 2 is 1.75 bits per heavy atom. The number of rotatable bonds is 8. The van der Waals surface area contributed by atoms with Gasteiger partial charge in [0.25, 0.3) is 0 Å². The molecule has 2 saturated carbocycles. The summed E-state index contributed by atoms with van der Waals surface area (Å²) in [7, 11) is 0. The summed E-state index contributed by atoms with van der Waals surface area (Å²) in [6.45, 7) is 6.28. The summed E-state index contributed by atoms with van der Waals surface area (Å²) < 4.78 is 0.995. The lowest BCUT2D eigenvalue weighted by Crippen LogP contribution is -2.42. The number of unbranched alkanes of at least 4 members (excludes halogenated alkanes) is 1. The van der Waals surface area contributed by atoms with Crippen molar-refractivity contribution in [3.8, 4) is 0 Å². The number of nitrogens with one attached hydrogen (secondary N) is 2. The van der Waals surface area contributed by atoms with E-state index in [2.05, 4.69) is 43.6 Å². The zero-order valence-corrected chi connectivity index (χ0v) is 20.5. The van der Waals surface area contributed by atoms with Crippen molar-refractivity contribution in [3.05, 3.63) is 40.4 Å². The van der Waals surface area contributed by atoms with Crippen LogP contribution in [0.4, 0.5) is 5.69 Å². The van der Waals surface area contributed by atoms with Gasteiger partial charge in [0.1, 0.15) is 0 Å². The van der Waals surface area contributed by atoms with Gasteiger partial charge in [-0.2, -0.15) is 0 Å². The monoisotopic (exact) mass is 499 g/mol. The number of benzene rings is 1. The topological polar surface area (TPSA) is 61.4 Å². The second-order valence-corrected chi connectivity index (χ2v) is 11.1. The van der Waals surface area contributed by atoms with Gasteiger partial charge in [-0.15, -0.1) is 0 Å². The molecule has 0 aromatic heterocycles. The van der Waals surface area contributed by atoms with E-state index >= 15 is 0 Å². The average molecular weight is 500 g/mol. The van der Waals surface area contributed by atoms with Crippen LogP contribution in [-0.4, -0.2) is 42.9 Å². The predicted octanol–water partition coefficient (Wildman–Crippen LogP) is 4.52. The van der Waals surface area contributed by atoms with E-state index in [0.29, 0.717) is 6.54 Å². The number of likely N-dealkylation sites (tertiary alicyclic amines) is 1. The second kappa shape index (κ2) is 8.94. The molecule has 0 radical (unpaired) electrons. The maximum atomic E-state index is 13.5. The number of hydrogen-bond acceptors (Lipinski definition) is 3. The van der Waals surface area contributed by atoms with Gasteiger partial charge in [-0.3, -0.25) is 9.59 Å². The number of carbonyl (C=O) groups is 2. The molecule has 2 N–H and O–H groups in total. The highest BCUT2D eigenvalue weighted by Gasteiger charge is 2.69. The van der Waals surface area contributed by atoms with E-state index in [9.17, 15) is 9.59 Å². The molecular formula is C26H34BrN3O2. The van der Waals surface area contributed by atoms with Gasteiger partial charge in [-0.1, -0.05) is 28.1 Å². The largest absolute Gasteiger partial charge is 0.356 e. The average Bonchev–Trinajstić information content (AvgIpc) is 3.13. The van der Waals surface area contributed by atoms with Gasteiger partial charge < -0.3 is 15.5 Å². The molecule has 1 saturated heterocycles. The Balaban J connectivity index is 1.22. The van der Waals surface area contributed by atoms with Crippen LogP contribution in [0.25, 0.3) is 0 Å². The van der Waals surface area contributed by atoms with Crippen molar-refractivity contribution < 1.29 is 9.59 Å². The summed E-state index contributed by atoms with van der Waals surface area (Å²) in [4.78, 5) is 29.3. The summed E-state index contributed by atoms with van der Waals surface area (Å²) >= 11 is 3.48. The van der Waals surface area contributed by atoms with Gasteiger partial charge in [0, 0.05) is 16.7 Å². The number of allylic oxidation sites excluding steroid dienone is 2. The number of anilines is 1. The van der Waals surface area contributed by atoms with Crippen molar-refractivity contribution in [1.29, 1.82) is 0 Å². The first-order chi connectivity index (χ1) is 15.5. The van der Waals surface area contributed by atoms with Crippen molar-refractivity contribution in [2.45, 2.75) is 45.4 Å². The minimum absolute atomic E-state index is 0.00673. The maximum absolute atomic E-state index is 13.5. The normalized spacial score (nSPS) is 29.6. The van der Waals surface area contributed by atoms with Gasteiger partial charge >= 0.3 is 0 Å². The zero-order chi connectivity index (χ0) is 22.3. The number of halogens is 1. The van der Waals surface area contributed by atoms with Crippen molar-refractivity contribution in [2.75, 3.05) is 31.5 Å². The van der Waals surface area contributed by atoms with Crippen LogP contribution < -0.4 is 10.6 Å². The molecule has 6 heteroatoms. The van der Waals surface area contributed by atoms with Gasteiger partial charge in [0.05, 0.1) is 11.8 Å². The highest BCUT2D eigenvalue weighted by atomic mass is 79.9. The number of nitrogens with zero attached hydrogens (tertiary/aromatic N) is 1. The Labute approximate surface area is 199 Å². The molecule has 2 bridgehead atoms. The summed E-state index contributed by atoms with van der Waals surface area (Å²) in [5.41, 5.74) is 2.01. The van der Waals surface area contributed by atoms with E-state index in [1.54, 1.807) is 0 Å². The summed E-state index contributed by atoms with van der Waals surface area (Å²) in [5.74, 6) is -0.0651. The van der Waals surface area contributed by atoms with Gasteiger partial charge in [-0.05, 0) is 106 Å². The molecule has 4 aliphatic rings. The Morgan fingerprint density at radius 3 is 2.41 bits per heavy atom. The number of carbonyl (C=O) groups excluding carboxylic acids is 2. The van der Waals surface area contributed by atoms with E-state index < -0.39 is 0 Å². The lowest BCUT2D eigenvalue weighted by atomic mass is 9.81. The fourth-order valence-electron chi connectivity index (χ4n) is 6.49. The molecule has 1 heterocycles. The zero-order valence-electron chi connectivity index (χ0n) is 18.9. The van der Waals surface area contributed by atoms with Crippen molar-refractivity contribution in [1.82, 2.24) is 10.2 Å². The fraction of sp³-hybridized carbons (Fsp3) is 0.615. The van der Waals surface area contributed by atoms with Crippen LogP contribution in [0.1, 0.15) is 44.1 Å². The van der Waals surface area contributed by atoms with Crippen LogP contribution in [0.5, 0.6) is 0 Å². The van der Waals surface area contributed by atoms with Crippen LogP contribution in [0, 0.1) is 36.0 Å².